The molecular formula is C15H27N3. The smallest absolute Gasteiger partial charge is 0.124 e. The monoisotopic (exact) mass is 249 g/mol. The molecule has 3 nitrogen and oxygen atoms in total. The van der Waals surface area contributed by atoms with Gasteiger partial charge < -0.3 is 5.73 Å². The summed E-state index contributed by atoms with van der Waals surface area (Å²) in [6.45, 7) is 9.19. The standard InChI is InChI=1S/C15H27N3/c1-10-13(17-18(5)14(10)16)11-6-8-12(9-7-11)15(2,3)4/h11-12H,6-9,16H2,1-5H3. The second kappa shape index (κ2) is 4.60. The molecule has 1 saturated carbocycles. The molecule has 2 rings (SSSR count). The number of nitrogens with zero attached hydrogens (tertiary/aromatic N) is 2. The molecule has 1 aliphatic rings. The molecule has 0 atom stereocenters. The molecule has 1 aromatic heterocycles. The highest BCUT2D eigenvalue weighted by Gasteiger charge is 2.31. The molecule has 0 aliphatic heterocycles. The Morgan fingerprint density at radius 1 is 1.17 bits per heavy atom. The molecule has 1 heterocycles. The molecule has 0 radical (unpaired) electrons. The average Bonchev–Trinajstić information content (AvgIpc) is 2.56. The van der Waals surface area contributed by atoms with Gasteiger partial charge in [-0.3, -0.25) is 4.68 Å². The summed E-state index contributed by atoms with van der Waals surface area (Å²) in [5.41, 5.74) is 8.88. The summed E-state index contributed by atoms with van der Waals surface area (Å²) in [6, 6.07) is 0. The molecule has 1 aromatic rings. The highest BCUT2D eigenvalue weighted by molar-refractivity contribution is 5.43. The second-order valence-electron chi connectivity index (χ2n) is 6.93. The molecule has 0 spiro atoms. The molecule has 0 aromatic carbocycles. The first kappa shape index (κ1) is 13.4. The third-order valence-corrected chi connectivity index (χ3v) is 4.71. The number of aromatic nitrogens is 2. The van der Waals surface area contributed by atoms with Gasteiger partial charge in [-0.05, 0) is 43.9 Å². The van der Waals surface area contributed by atoms with Gasteiger partial charge in [-0.2, -0.15) is 5.10 Å². The Morgan fingerprint density at radius 2 is 1.72 bits per heavy atom. The molecule has 1 aliphatic carbocycles. The summed E-state index contributed by atoms with van der Waals surface area (Å²) in [5, 5.41) is 4.61. The van der Waals surface area contributed by atoms with Gasteiger partial charge in [0.2, 0.25) is 0 Å². The zero-order chi connectivity index (χ0) is 13.5. The number of anilines is 1. The normalized spacial score (nSPS) is 25.4. The van der Waals surface area contributed by atoms with Gasteiger partial charge in [-0.25, -0.2) is 0 Å². The van der Waals surface area contributed by atoms with Crippen molar-refractivity contribution in [2.75, 3.05) is 5.73 Å². The van der Waals surface area contributed by atoms with Crippen LogP contribution in [0.25, 0.3) is 0 Å². The van der Waals surface area contributed by atoms with Crippen molar-refractivity contribution >= 4 is 5.82 Å². The van der Waals surface area contributed by atoms with Crippen LogP contribution in [0.4, 0.5) is 5.82 Å². The highest BCUT2D eigenvalue weighted by Crippen LogP contribution is 2.43. The maximum absolute atomic E-state index is 6.01. The van der Waals surface area contributed by atoms with Crippen molar-refractivity contribution in [3.05, 3.63) is 11.3 Å². The van der Waals surface area contributed by atoms with Crippen LogP contribution >= 0.6 is 0 Å². The van der Waals surface area contributed by atoms with Gasteiger partial charge in [-0.1, -0.05) is 20.8 Å². The van der Waals surface area contributed by atoms with Gasteiger partial charge >= 0.3 is 0 Å². The van der Waals surface area contributed by atoms with Gasteiger partial charge in [0.15, 0.2) is 0 Å². The van der Waals surface area contributed by atoms with Crippen LogP contribution in [0.3, 0.4) is 0 Å². The largest absolute Gasteiger partial charge is 0.384 e. The fourth-order valence-corrected chi connectivity index (χ4v) is 3.29. The zero-order valence-corrected chi connectivity index (χ0v) is 12.5. The molecule has 0 bridgehead atoms. The first-order chi connectivity index (χ1) is 8.30. The van der Waals surface area contributed by atoms with Crippen molar-refractivity contribution in [1.82, 2.24) is 9.78 Å². The minimum Gasteiger partial charge on any atom is -0.384 e. The summed E-state index contributed by atoms with van der Waals surface area (Å²) < 4.78 is 1.82. The minimum absolute atomic E-state index is 0.448. The van der Waals surface area contributed by atoms with E-state index >= 15 is 0 Å². The summed E-state index contributed by atoms with van der Waals surface area (Å²) in [7, 11) is 1.94. The van der Waals surface area contributed by atoms with E-state index in [1.807, 2.05) is 11.7 Å². The fourth-order valence-electron chi connectivity index (χ4n) is 3.29. The van der Waals surface area contributed by atoms with Crippen LogP contribution in [0.5, 0.6) is 0 Å². The lowest BCUT2D eigenvalue weighted by Gasteiger charge is -2.36. The van der Waals surface area contributed by atoms with Crippen LogP contribution in [-0.2, 0) is 7.05 Å². The van der Waals surface area contributed by atoms with E-state index in [0.29, 0.717) is 11.3 Å². The third kappa shape index (κ3) is 2.40. The van der Waals surface area contributed by atoms with E-state index in [1.54, 1.807) is 0 Å². The van der Waals surface area contributed by atoms with Gasteiger partial charge in [0.05, 0.1) is 5.69 Å². The summed E-state index contributed by atoms with van der Waals surface area (Å²) in [6.07, 6.45) is 5.17. The Bertz CT molecular complexity index is 418. The minimum atomic E-state index is 0.448. The van der Waals surface area contributed by atoms with Crippen LogP contribution in [0.15, 0.2) is 0 Å². The second-order valence-corrected chi connectivity index (χ2v) is 6.93. The molecular weight excluding hydrogens is 222 g/mol. The number of rotatable bonds is 1. The summed E-state index contributed by atoms with van der Waals surface area (Å²) in [5.74, 6) is 2.30. The zero-order valence-electron chi connectivity index (χ0n) is 12.5. The number of nitrogens with two attached hydrogens (primary N) is 1. The lowest BCUT2D eigenvalue weighted by Crippen LogP contribution is -2.25. The number of aryl methyl sites for hydroxylation is 1. The van der Waals surface area contributed by atoms with E-state index in [0.717, 1.165) is 11.7 Å². The summed E-state index contributed by atoms with van der Waals surface area (Å²) in [4.78, 5) is 0. The first-order valence-corrected chi connectivity index (χ1v) is 7.09. The topological polar surface area (TPSA) is 43.8 Å². The molecule has 18 heavy (non-hydrogen) atoms. The van der Waals surface area contributed by atoms with Crippen LogP contribution in [0.1, 0.15) is 63.6 Å². The van der Waals surface area contributed by atoms with E-state index in [2.05, 4.69) is 32.8 Å². The van der Waals surface area contributed by atoms with Crippen molar-refractivity contribution in [1.29, 1.82) is 0 Å². The van der Waals surface area contributed by atoms with Gasteiger partial charge in [0, 0.05) is 18.5 Å². The first-order valence-electron chi connectivity index (χ1n) is 7.09. The van der Waals surface area contributed by atoms with Gasteiger partial charge in [-0.15, -0.1) is 0 Å². The van der Waals surface area contributed by atoms with Crippen molar-refractivity contribution in [2.24, 2.45) is 18.4 Å². The van der Waals surface area contributed by atoms with Gasteiger partial charge in [0.25, 0.3) is 0 Å². The Kier molecular flexibility index (Phi) is 3.43. The lowest BCUT2D eigenvalue weighted by molar-refractivity contribution is 0.168. The average molecular weight is 249 g/mol. The van der Waals surface area contributed by atoms with E-state index < -0.39 is 0 Å². The van der Waals surface area contributed by atoms with Crippen LogP contribution in [-0.4, -0.2) is 9.78 Å². The Hall–Kier alpha value is -0.990. The maximum atomic E-state index is 6.01. The Balaban J connectivity index is 2.08. The molecule has 2 N–H and O–H groups in total. The molecule has 0 amide bonds. The van der Waals surface area contributed by atoms with Crippen molar-refractivity contribution in [3.63, 3.8) is 0 Å². The molecule has 0 unspecified atom stereocenters. The SMILES string of the molecule is Cc1c(C2CCC(C(C)(C)C)CC2)nn(C)c1N. The maximum Gasteiger partial charge on any atom is 0.124 e. The third-order valence-electron chi connectivity index (χ3n) is 4.71. The number of nitrogen functional groups attached to an aromatic ring is 1. The van der Waals surface area contributed by atoms with E-state index in [-0.39, 0.29) is 0 Å². The summed E-state index contributed by atoms with van der Waals surface area (Å²) >= 11 is 0. The molecule has 1 fully saturated rings. The van der Waals surface area contributed by atoms with E-state index in [4.69, 9.17) is 5.73 Å². The quantitative estimate of drug-likeness (QED) is 0.826. The predicted molar refractivity (Wildman–Crippen MR) is 76.5 cm³/mol. The predicted octanol–water partition coefficient (Wildman–Crippen LogP) is 3.63. The van der Waals surface area contributed by atoms with Crippen molar-refractivity contribution < 1.29 is 0 Å². The van der Waals surface area contributed by atoms with E-state index in [1.165, 1.54) is 36.9 Å². The van der Waals surface area contributed by atoms with E-state index in [9.17, 15) is 0 Å². The Labute approximate surface area is 111 Å². The molecule has 3 heteroatoms. The lowest BCUT2D eigenvalue weighted by atomic mass is 9.69. The van der Waals surface area contributed by atoms with Crippen molar-refractivity contribution in [3.8, 4) is 0 Å². The molecule has 0 saturated heterocycles. The number of hydrogen-bond acceptors (Lipinski definition) is 2. The molecule has 102 valence electrons. The highest BCUT2D eigenvalue weighted by atomic mass is 15.3. The van der Waals surface area contributed by atoms with Crippen molar-refractivity contribution in [2.45, 2.75) is 59.3 Å². The number of hydrogen-bond donors (Lipinski definition) is 1. The van der Waals surface area contributed by atoms with Gasteiger partial charge in [0.1, 0.15) is 5.82 Å². The van der Waals surface area contributed by atoms with Crippen LogP contribution < -0.4 is 5.73 Å². The van der Waals surface area contributed by atoms with Crippen LogP contribution in [0, 0.1) is 18.3 Å². The fraction of sp³-hybridized carbons (Fsp3) is 0.800. The van der Waals surface area contributed by atoms with Crippen LogP contribution in [0.2, 0.25) is 0 Å². The Morgan fingerprint density at radius 3 is 2.11 bits per heavy atom.